The number of aryl methyl sites for hydroxylation is 1. The number of nitrogens with one attached hydrogen (secondary N) is 1. The number of fused-ring (bicyclic) bond motifs is 1. The number of alkyl halides is 2. The Labute approximate surface area is 168 Å². The highest BCUT2D eigenvalue weighted by atomic mass is 35.5. The lowest BCUT2D eigenvalue weighted by Crippen LogP contribution is -2.35. The number of halogens is 3. The lowest BCUT2D eigenvalue weighted by molar-refractivity contribution is -0.159. The van der Waals surface area contributed by atoms with Gasteiger partial charge in [-0.25, -0.2) is 18.4 Å². The first-order valence-corrected chi connectivity index (χ1v) is 11.2. The van der Waals surface area contributed by atoms with E-state index in [4.69, 9.17) is 21.1 Å². The minimum absolute atomic E-state index is 0.247. The Hall–Kier alpha value is -1.10. The summed E-state index contributed by atoms with van der Waals surface area (Å²) in [5.41, 5.74) is 0.631. The Bertz CT molecular complexity index is 881. The summed E-state index contributed by atoms with van der Waals surface area (Å²) in [6.45, 7) is 6.85. The molecule has 1 aliphatic carbocycles. The number of anilines is 1. The van der Waals surface area contributed by atoms with E-state index in [-0.39, 0.29) is 6.42 Å². The van der Waals surface area contributed by atoms with Crippen molar-refractivity contribution < 1.29 is 26.7 Å². The predicted molar refractivity (Wildman–Crippen MR) is 100 cm³/mol. The molecule has 4 atom stereocenters. The zero-order valence-electron chi connectivity index (χ0n) is 16.3. The molecule has 3 rings (SSSR count). The Balaban J connectivity index is 1.87. The molecule has 2 fully saturated rings. The molecule has 0 aromatic carbocycles. The second kappa shape index (κ2) is 7.00. The van der Waals surface area contributed by atoms with Crippen LogP contribution >= 0.6 is 11.6 Å². The minimum Gasteiger partial charge on any atom is -0.364 e. The molecular weight excluding hydrogens is 416 g/mol. The highest BCUT2D eigenvalue weighted by molar-refractivity contribution is 7.91. The molecule has 28 heavy (non-hydrogen) atoms. The van der Waals surface area contributed by atoms with Crippen molar-refractivity contribution in [2.75, 3.05) is 11.6 Å². The molecule has 1 saturated heterocycles. The van der Waals surface area contributed by atoms with Crippen molar-refractivity contribution in [1.29, 1.82) is 0 Å². The van der Waals surface area contributed by atoms with E-state index in [1.807, 2.05) is 0 Å². The van der Waals surface area contributed by atoms with Crippen LogP contribution in [0.5, 0.6) is 0 Å². The molecule has 1 saturated carbocycles. The lowest BCUT2D eigenvalue weighted by atomic mass is 10.0. The Morgan fingerprint density at radius 1 is 1.25 bits per heavy atom. The average Bonchev–Trinajstić information content (AvgIpc) is 2.98. The first-order valence-electron chi connectivity index (χ1n) is 8.90. The molecule has 1 N–H and O–H groups in total. The molecule has 2 heterocycles. The van der Waals surface area contributed by atoms with E-state index in [0.29, 0.717) is 28.6 Å². The zero-order valence-corrected chi connectivity index (χ0v) is 17.9. The highest BCUT2D eigenvalue weighted by Gasteiger charge is 2.57. The molecule has 1 aromatic heterocycles. The van der Waals surface area contributed by atoms with Gasteiger partial charge in [0.25, 0.3) is 0 Å². The van der Waals surface area contributed by atoms with Gasteiger partial charge in [-0.2, -0.15) is 8.78 Å². The first kappa shape index (κ1) is 21.6. The summed E-state index contributed by atoms with van der Waals surface area (Å²) in [4.78, 5) is 8.42. The van der Waals surface area contributed by atoms with Gasteiger partial charge in [0.15, 0.2) is 5.79 Å². The fraction of sp³-hybridized carbons (Fsp3) is 0.765. The van der Waals surface area contributed by atoms with Crippen molar-refractivity contribution in [3.8, 4) is 0 Å². The molecule has 11 heteroatoms. The van der Waals surface area contributed by atoms with Gasteiger partial charge in [-0.1, -0.05) is 11.6 Å². The fourth-order valence-electron chi connectivity index (χ4n) is 3.79. The van der Waals surface area contributed by atoms with Crippen molar-refractivity contribution in [2.45, 2.75) is 69.8 Å². The van der Waals surface area contributed by atoms with E-state index in [1.165, 1.54) is 0 Å². The summed E-state index contributed by atoms with van der Waals surface area (Å²) < 4.78 is 63.2. The van der Waals surface area contributed by atoms with Crippen LogP contribution < -0.4 is 5.32 Å². The number of ether oxygens (including phenoxy) is 2. The number of rotatable bonds is 5. The van der Waals surface area contributed by atoms with Crippen LogP contribution in [-0.2, 0) is 19.3 Å². The molecule has 1 aliphatic heterocycles. The maximum Gasteiger partial charge on any atom is 0.345 e. The molecule has 1 aromatic rings. The number of nitrogens with zero attached hydrogens (tertiary/aromatic N) is 2. The largest absolute Gasteiger partial charge is 0.364 e. The zero-order chi connectivity index (χ0) is 21.1. The van der Waals surface area contributed by atoms with Gasteiger partial charge in [-0.05, 0) is 40.0 Å². The van der Waals surface area contributed by atoms with Gasteiger partial charge in [-0.15, -0.1) is 0 Å². The summed E-state index contributed by atoms with van der Waals surface area (Å²) in [7, 11) is -4.53. The molecule has 0 amide bonds. The molecule has 158 valence electrons. The highest BCUT2D eigenvalue weighted by Crippen LogP contribution is 2.47. The summed E-state index contributed by atoms with van der Waals surface area (Å²) in [5, 5.41) is -0.316. The van der Waals surface area contributed by atoms with Gasteiger partial charge in [0, 0.05) is 18.2 Å². The second-order valence-corrected chi connectivity index (χ2v) is 10.5. The summed E-state index contributed by atoms with van der Waals surface area (Å²) in [6, 6.07) is -0.392. The smallest absolute Gasteiger partial charge is 0.345 e. The van der Waals surface area contributed by atoms with Gasteiger partial charge >= 0.3 is 5.25 Å². The van der Waals surface area contributed by atoms with Crippen molar-refractivity contribution in [3.63, 3.8) is 0 Å². The SMILES string of the molecule is Cc1nc(Cl)c(C)c(N[C@@H]2C[C@H](CC(F)(F)S(C)(=O)=O)[C@H]3OC(C)(C)O[C@H]32)n1. The quantitative estimate of drug-likeness (QED) is 0.705. The Morgan fingerprint density at radius 3 is 2.46 bits per heavy atom. The van der Waals surface area contributed by atoms with Crippen LogP contribution in [-0.4, -0.2) is 53.9 Å². The molecule has 0 unspecified atom stereocenters. The van der Waals surface area contributed by atoms with Gasteiger partial charge in [0.2, 0.25) is 9.84 Å². The summed E-state index contributed by atoms with van der Waals surface area (Å²) in [5.74, 6) is -0.697. The second-order valence-electron chi connectivity index (χ2n) is 7.96. The summed E-state index contributed by atoms with van der Waals surface area (Å²) in [6.07, 6.45) is -1.22. The maximum absolute atomic E-state index is 14.2. The van der Waals surface area contributed by atoms with E-state index >= 15 is 0 Å². The monoisotopic (exact) mass is 439 g/mol. The standard InChI is InChI=1S/C17H24ClF2N3O4S/c1-8-14(18)21-9(2)22-15(8)23-11-6-10(7-17(19,20)28(5,24)25)12-13(11)27-16(3,4)26-12/h10-13H,6-7H2,1-5H3,(H,21,22,23)/t10-,11-,12-,13+/m1/s1. The van der Waals surface area contributed by atoms with E-state index < -0.39 is 51.5 Å². The molecular formula is C17H24ClF2N3O4S. The third kappa shape index (κ3) is 4.10. The number of hydrogen-bond acceptors (Lipinski definition) is 7. The van der Waals surface area contributed by atoms with Crippen LogP contribution in [0.3, 0.4) is 0 Å². The van der Waals surface area contributed by atoms with Gasteiger partial charge in [0.1, 0.15) is 22.9 Å². The van der Waals surface area contributed by atoms with Crippen molar-refractivity contribution in [3.05, 3.63) is 16.5 Å². The topological polar surface area (TPSA) is 90.4 Å². The van der Waals surface area contributed by atoms with Crippen molar-refractivity contribution in [2.24, 2.45) is 5.92 Å². The molecule has 7 nitrogen and oxygen atoms in total. The number of sulfone groups is 1. The fourth-order valence-corrected chi connectivity index (χ4v) is 4.52. The Kier molecular flexibility index (Phi) is 5.40. The van der Waals surface area contributed by atoms with Crippen LogP contribution in [0.25, 0.3) is 0 Å². The first-order chi connectivity index (χ1) is 12.7. The average molecular weight is 440 g/mol. The van der Waals surface area contributed by atoms with Crippen molar-refractivity contribution in [1.82, 2.24) is 9.97 Å². The van der Waals surface area contributed by atoms with Crippen molar-refractivity contribution >= 4 is 27.3 Å². The van der Waals surface area contributed by atoms with Crippen LogP contribution in [0.1, 0.15) is 38.1 Å². The van der Waals surface area contributed by atoms with E-state index in [1.54, 1.807) is 27.7 Å². The van der Waals surface area contributed by atoms with Crippen LogP contribution in [0.15, 0.2) is 0 Å². The normalized spacial score (nSPS) is 29.7. The van der Waals surface area contributed by atoms with Crippen LogP contribution in [0.4, 0.5) is 14.6 Å². The van der Waals surface area contributed by atoms with E-state index in [2.05, 4.69) is 15.3 Å². The summed E-state index contributed by atoms with van der Waals surface area (Å²) >= 11 is 6.11. The molecule has 0 spiro atoms. The number of hydrogen-bond donors (Lipinski definition) is 1. The maximum atomic E-state index is 14.2. The third-order valence-electron chi connectivity index (χ3n) is 5.14. The van der Waals surface area contributed by atoms with Gasteiger partial charge in [-0.3, -0.25) is 0 Å². The molecule has 0 bridgehead atoms. The van der Waals surface area contributed by atoms with Crippen LogP contribution in [0, 0.1) is 19.8 Å². The molecule has 0 radical (unpaired) electrons. The minimum atomic E-state index is -4.53. The Morgan fingerprint density at radius 2 is 1.86 bits per heavy atom. The predicted octanol–water partition coefficient (Wildman–Crippen LogP) is 3.09. The molecule has 2 aliphatic rings. The van der Waals surface area contributed by atoms with Gasteiger partial charge < -0.3 is 14.8 Å². The van der Waals surface area contributed by atoms with E-state index in [9.17, 15) is 17.2 Å². The lowest BCUT2D eigenvalue weighted by Gasteiger charge is -2.26. The van der Waals surface area contributed by atoms with E-state index in [0.717, 1.165) is 0 Å². The third-order valence-corrected chi connectivity index (χ3v) is 6.76. The van der Waals surface area contributed by atoms with Gasteiger partial charge in [0.05, 0.1) is 12.1 Å². The van der Waals surface area contributed by atoms with Crippen LogP contribution in [0.2, 0.25) is 5.15 Å². The number of aromatic nitrogens is 2.